The molecule has 130 valence electrons. The van der Waals surface area contributed by atoms with Crippen LogP contribution in [0.25, 0.3) is 0 Å². The van der Waals surface area contributed by atoms with E-state index in [1.807, 2.05) is 48.5 Å². The number of thioether (sulfide) groups is 1. The van der Waals surface area contributed by atoms with Gasteiger partial charge >= 0.3 is 0 Å². The van der Waals surface area contributed by atoms with E-state index in [2.05, 4.69) is 23.1 Å². The normalized spacial score (nSPS) is 20.7. The fraction of sp³-hybridized carbons (Fsp3) is 0.238. The lowest BCUT2D eigenvalue weighted by Crippen LogP contribution is -2.46. The predicted octanol–water partition coefficient (Wildman–Crippen LogP) is 3.90. The van der Waals surface area contributed by atoms with Crippen LogP contribution in [-0.4, -0.2) is 28.3 Å². The summed E-state index contributed by atoms with van der Waals surface area (Å²) in [5.41, 5.74) is 2.99. The van der Waals surface area contributed by atoms with Crippen molar-refractivity contribution in [3.63, 3.8) is 0 Å². The third kappa shape index (κ3) is 3.26. The largest absolute Gasteiger partial charge is 0.292 e. The molecule has 1 unspecified atom stereocenters. The zero-order chi connectivity index (χ0) is 17.9. The number of allylic oxidation sites excluding steroid dienone is 1. The Labute approximate surface area is 157 Å². The third-order valence-corrected chi connectivity index (χ3v) is 6.01. The molecule has 0 aliphatic carbocycles. The molecule has 4 nitrogen and oxygen atoms in total. The molecule has 1 saturated heterocycles. The van der Waals surface area contributed by atoms with Crippen molar-refractivity contribution in [2.75, 3.05) is 12.5 Å². The SMILES string of the molecule is N#CC1=C2SCN(Cc3ccccc3)CN2C(=O)CC1c1ccccc1. The summed E-state index contributed by atoms with van der Waals surface area (Å²) in [6.07, 6.45) is 0.357. The van der Waals surface area contributed by atoms with E-state index in [9.17, 15) is 10.1 Å². The Morgan fingerprint density at radius 2 is 1.77 bits per heavy atom. The topological polar surface area (TPSA) is 47.3 Å². The van der Waals surface area contributed by atoms with E-state index in [0.717, 1.165) is 28.6 Å². The molecule has 1 atom stereocenters. The van der Waals surface area contributed by atoms with Gasteiger partial charge in [-0.15, -0.1) is 0 Å². The molecule has 2 heterocycles. The van der Waals surface area contributed by atoms with Gasteiger partial charge in [-0.25, -0.2) is 0 Å². The minimum Gasteiger partial charge on any atom is -0.292 e. The molecule has 4 rings (SSSR count). The molecule has 0 aromatic heterocycles. The average Bonchev–Trinajstić information content (AvgIpc) is 2.69. The number of carbonyl (C=O) groups is 1. The molecule has 0 radical (unpaired) electrons. The Hall–Kier alpha value is -2.55. The van der Waals surface area contributed by atoms with Crippen LogP contribution in [0.4, 0.5) is 0 Å². The summed E-state index contributed by atoms with van der Waals surface area (Å²) < 4.78 is 0. The highest BCUT2D eigenvalue weighted by molar-refractivity contribution is 8.03. The van der Waals surface area contributed by atoms with Gasteiger partial charge in [0.15, 0.2) is 0 Å². The number of nitrogens with zero attached hydrogens (tertiary/aromatic N) is 3. The van der Waals surface area contributed by atoms with Crippen LogP contribution in [0.3, 0.4) is 0 Å². The van der Waals surface area contributed by atoms with Gasteiger partial charge in [-0.05, 0) is 11.1 Å². The average molecular weight is 361 g/mol. The van der Waals surface area contributed by atoms with Crippen LogP contribution in [0.1, 0.15) is 23.5 Å². The van der Waals surface area contributed by atoms with Gasteiger partial charge in [-0.2, -0.15) is 5.26 Å². The van der Waals surface area contributed by atoms with E-state index in [4.69, 9.17) is 0 Å². The van der Waals surface area contributed by atoms with Crippen molar-refractivity contribution in [2.24, 2.45) is 0 Å². The second-order valence-corrected chi connectivity index (χ2v) is 7.48. The highest BCUT2D eigenvalue weighted by Gasteiger charge is 2.38. The highest BCUT2D eigenvalue weighted by atomic mass is 32.2. The minimum absolute atomic E-state index is 0.0955. The molecular formula is C21H19N3OS. The van der Waals surface area contributed by atoms with E-state index < -0.39 is 0 Å². The second kappa shape index (κ2) is 7.36. The van der Waals surface area contributed by atoms with Crippen LogP contribution >= 0.6 is 11.8 Å². The number of rotatable bonds is 3. The van der Waals surface area contributed by atoms with Gasteiger partial charge in [-0.3, -0.25) is 14.6 Å². The van der Waals surface area contributed by atoms with Crippen molar-refractivity contribution in [1.82, 2.24) is 9.80 Å². The van der Waals surface area contributed by atoms with Crippen LogP contribution < -0.4 is 0 Å². The molecule has 0 N–H and O–H groups in total. The standard InChI is InChI=1S/C21H19N3OS/c22-12-19-18(17-9-5-2-6-10-17)11-20(25)24-14-23(15-26-21(19)24)13-16-7-3-1-4-8-16/h1-10,18H,11,13-15H2. The first-order chi connectivity index (χ1) is 12.8. The maximum Gasteiger partial charge on any atom is 0.229 e. The molecule has 0 spiro atoms. The smallest absolute Gasteiger partial charge is 0.229 e. The Kier molecular flexibility index (Phi) is 4.79. The van der Waals surface area contributed by atoms with Crippen molar-refractivity contribution in [1.29, 1.82) is 5.26 Å². The molecule has 1 amide bonds. The lowest BCUT2D eigenvalue weighted by Gasteiger charge is -2.41. The van der Waals surface area contributed by atoms with E-state index in [1.54, 1.807) is 16.7 Å². The Balaban J connectivity index is 1.59. The van der Waals surface area contributed by atoms with Gasteiger partial charge in [0, 0.05) is 18.9 Å². The molecular weight excluding hydrogens is 342 g/mol. The Bertz CT molecular complexity index is 873. The number of fused-ring (bicyclic) bond motifs is 1. The summed E-state index contributed by atoms with van der Waals surface area (Å²) in [4.78, 5) is 16.8. The molecule has 2 aliphatic rings. The van der Waals surface area contributed by atoms with Crippen LogP contribution in [0, 0.1) is 11.3 Å². The molecule has 2 aromatic rings. The second-order valence-electron chi connectivity index (χ2n) is 6.55. The zero-order valence-electron chi connectivity index (χ0n) is 14.3. The minimum atomic E-state index is -0.131. The lowest BCUT2D eigenvalue weighted by molar-refractivity contribution is -0.131. The van der Waals surface area contributed by atoms with Crippen molar-refractivity contribution in [2.45, 2.75) is 18.9 Å². The van der Waals surface area contributed by atoms with Crippen LogP contribution in [0.5, 0.6) is 0 Å². The molecule has 2 aromatic carbocycles. The quantitative estimate of drug-likeness (QED) is 0.832. The molecule has 26 heavy (non-hydrogen) atoms. The number of amides is 1. The summed E-state index contributed by atoms with van der Waals surface area (Å²) in [7, 11) is 0. The van der Waals surface area contributed by atoms with Crippen molar-refractivity contribution < 1.29 is 4.79 Å². The number of carbonyl (C=O) groups excluding carboxylic acids is 1. The van der Waals surface area contributed by atoms with Gasteiger partial charge < -0.3 is 0 Å². The van der Waals surface area contributed by atoms with Crippen molar-refractivity contribution >= 4 is 17.7 Å². The molecule has 1 fully saturated rings. The Morgan fingerprint density at radius 3 is 2.46 bits per heavy atom. The van der Waals surface area contributed by atoms with Gasteiger partial charge in [0.05, 0.1) is 29.2 Å². The maximum atomic E-state index is 12.8. The van der Waals surface area contributed by atoms with E-state index in [-0.39, 0.29) is 11.8 Å². The summed E-state index contributed by atoms with van der Waals surface area (Å²) in [5, 5.41) is 10.6. The number of benzene rings is 2. The fourth-order valence-electron chi connectivity index (χ4n) is 3.52. The predicted molar refractivity (Wildman–Crippen MR) is 103 cm³/mol. The first-order valence-electron chi connectivity index (χ1n) is 8.65. The summed E-state index contributed by atoms with van der Waals surface area (Å²) in [5.74, 6) is 0.743. The van der Waals surface area contributed by atoms with Crippen molar-refractivity contribution in [3.05, 3.63) is 82.4 Å². The van der Waals surface area contributed by atoms with Gasteiger partial charge in [0.25, 0.3) is 0 Å². The summed E-state index contributed by atoms with van der Waals surface area (Å²) in [6, 6.07) is 22.5. The summed E-state index contributed by atoms with van der Waals surface area (Å²) in [6.45, 7) is 1.34. The van der Waals surface area contributed by atoms with Gasteiger partial charge in [0.1, 0.15) is 0 Å². The van der Waals surface area contributed by atoms with Crippen LogP contribution in [0.2, 0.25) is 0 Å². The summed E-state index contributed by atoms with van der Waals surface area (Å²) >= 11 is 1.60. The highest BCUT2D eigenvalue weighted by Crippen LogP contribution is 2.42. The number of hydrogen-bond donors (Lipinski definition) is 0. The monoisotopic (exact) mass is 361 g/mol. The van der Waals surface area contributed by atoms with Gasteiger partial charge in [0.2, 0.25) is 5.91 Å². The molecule has 5 heteroatoms. The van der Waals surface area contributed by atoms with Crippen LogP contribution in [0.15, 0.2) is 71.3 Å². The van der Waals surface area contributed by atoms with Crippen LogP contribution in [-0.2, 0) is 11.3 Å². The number of nitriles is 1. The zero-order valence-corrected chi connectivity index (χ0v) is 15.2. The van der Waals surface area contributed by atoms with E-state index in [1.165, 1.54) is 5.56 Å². The maximum absolute atomic E-state index is 12.8. The molecule has 0 saturated carbocycles. The molecule has 0 bridgehead atoms. The van der Waals surface area contributed by atoms with E-state index >= 15 is 0 Å². The first-order valence-corrected chi connectivity index (χ1v) is 9.63. The number of hydrogen-bond acceptors (Lipinski definition) is 4. The third-order valence-electron chi connectivity index (χ3n) is 4.80. The first kappa shape index (κ1) is 16.9. The van der Waals surface area contributed by atoms with E-state index in [0.29, 0.717) is 13.1 Å². The van der Waals surface area contributed by atoms with Crippen molar-refractivity contribution in [3.8, 4) is 6.07 Å². The van der Waals surface area contributed by atoms with Gasteiger partial charge in [-0.1, -0.05) is 72.4 Å². The Morgan fingerprint density at radius 1 is 1.08 bits per heavy atom. The lowest BCUT2D eigenvalue weighted by atomic mass is 9.86. The fourth-order valence-corrected chi connectivity index (χ4v) is 4.66. The molecule has 2 aliphatic heterocycles.